The third kappa shape index (κ3) is 4.36. The molecule has 0 unspecified atom stereocenters. The van der Waals surface area contributed by atoms with Crippen LogP contribution in [0.15, 0.2) is 23.1 Å². The molecule has 1 saturated heterocycles. The number of nitrogens with zero attached hydrogens (tertiary/aromatic N) is 1. The normalized spacial score (nSPS) is 16.5. The van der Waals surface area contributed by atoms with E-state index in [0.717, 1.165) is 32.4 Å². The quantitative estimate of drug-likeness (QED) is 0.869. The molecule has 0 amide bonds. The molecule has 22 heavy (non-hydrogen) atoms. The van der Waals surface area contributed by atoms with Crippen molar-refractivity contribution in [2.75, 3.05) is 19.6 Å². The van der Waals surface area contributed by atoms with Crippen molar-refractivity contribution < 1.29 is 8.42 Å². The van der Waals surface area contributed by atoms with E-state index in [1.807, 2.05) is 6.92 Å². The minimum atomic E-state index is -3.46. The predicted octanol–water partition coefficient (Wildman–Crippen LogP) is 3.22. The Bertz CT molecular complexity index is 587. The van der Waals surface area contributed by atoms with Gasteiger partial charge in [0.15, 0.2) is 0 Å². The number of halogens is 2. The van der Waals surface area contributed by atoms with Crippen LogP contribution in [0.2, 0.25) is 5.02 Å². The van der Waals surface area contributed by atoms with Gasteiger partial charge < -0.3 is 5.32 Å². The van der Waals surface area contributed by atoms with Gasteiger partial charge in [0.25, 0.3) is 0 Å². The molecule has 0 bridgehead atoms. The fourth-order valence-corrected chi connectivity index (χ4v) is 5.05. The minimum Gasteiger partial charge on any atom is -0.317 e. The van der Waals surface area contributed by atoms with E-state index < -0.39 is 10.0 Å². The summed E-state index contributed by atoms with van der Waals surface area (Å²) in [6, 6.07) is 5.07. The van der Waals surface area contributed by atoms with Crippen LogP contribution in [0.5, 0.6) is 0 Å². The molecular weight excluding hydrogens is 343 g/mol. The van der Waals surface area contributed by atoms with Crippen molar-refractivity contribution in [3.63, 3.8) is 0 Å². The fourth-order valence-electron chi connectivity index (χ4n) is 2.84. The molecule has 0 aliphatic carbocycles. The second kappa shape index (κ2) is 8.50. The molecule has 0 atom stereocenters. The summed E-state index contributed by atoms with van der Waals surface area (Å²) in [7, 11) is -3.46. The lowest BCUT2D eigenvalue weighted by Crippen LogP contribution is -2.46. The first-order valence-electron chi connectivity index (χ1n) is 7.45. The third-order valence-electron chi connectivity index (χ3n) is 3.88. The van der Waals surface area contributed by atoms with E-state index >= 15 is 0 Å². The molecule has 1 heterocycles. The van der Waals surface area contributed by atoms with Crippen molar-refractivity contribution in [3.8, 4) is 0 Å². The van der Waals surface area contributed by atoms with Gasteiger partial charge in [0, 0.05) is 17.6 Å². The first-order chi connectivity index (χ1) is 9.96. The van der Waals surface area contributed by atoms with Crippen LogP contribution in [0.4, 0.5) is 0 Å². The maximum absolute atomic E-state index is 13.0. The molecule has 7 heteroatoms. The number of benzene rings is 1. The van der Waals surface area contributed by atoms with Gasteiger partial charge in [0.2, 0.25) is 10.0 Å². The van der Waals surface area contributed by atoms with Crippen molar-refractivity contribution in [1.82, 2.24) is 9.62 Å². The van der Waals surface area contributed by atoms with Crippen LogP contribution in [0.1, 0.15) is 31.7 Å². The first-order valence-corrected chi connectivity index (χ1v) is 9.27. The Hall–Kier alpha value is -0.330. The lowest BCUT2D eigenvalue weighted by molar-refractivity contribution is 0.262. The van der Waals surface area contributed by atoms with Crippen molar-refractivity contribution in [2.45, 2.75) is 44.0 Å². The van der Waals surface area contributed by atoms with Crippen LogP contribution in [0.3, 0.4) is 0 Å². The number of piperidine rings is 1. The topological polar surface area (TPSA) is 49.4 Å². The monoisotopic (exact) mass is 366 g/mol. The van der Waals surface area contributed by atoms with E-state index in [1.54, 1.807) is 29.4 Å². The van der Waals surface area contributed by atoms with E-state index in [1.165, 1.54) is 0 Å². The second-order valence-corrected chi connectivity index (χ2v) is 7.80. The van der Waals surface area contributed by atoms with Gasteiger partial charge in [-0.1, -0.05) is 18.5 Å². The number of nitrogens with one attached hydrogen (secondary N) is 1. The van der Waals surface area contributed by atoms with Gasteiger partial charge in [-0.05, 0) is 63.0 Å². The molecule has 1 aliphatic heterocycles. The average Bonchev–Trinajstić information content (AvgIpc) is 2.45. The van der Waals surface area contributed by atoms with Crippen molar-refractivity contribution in [1.29, 1.82) is 0 Å². The minimum absolute atomic E-state index is 0. The van der Waals surface area contributed by atoms with Gasteiger partial charge in [-0.2, -0.15) is 4.31 Å². The summed E-state index contributed by atoms with van der Waals surface area (Å²) in [6.07, 6.45) is 2.55. The fraction of sp³-hybridized carbons (Fsp3) is 0.600. The van der Waals surface area contributed by atoms with Crippen LogP contribution in [0, 0.1) is 6.92 Å². The summed E-state index contributed by atoms with van der Waals surface area (Å²) in [6.45, 7) is 6.12. The first kappa shape index (κ1) is 19.7. The van der Waals surface area contributed by atoms with Crippen molar-refractivity contribution in [2.24, 2.45) is 0 Å². The highest BCUT2D eigenvalue weighted by Gasteiger charge is 2.32. The van der Waals surface area contributed by atoms with Crippen LogP contribution in [-0.2, 0) is 10.0 Å². The summed E-state index contributed by atoms with van der Waals surface area (Å²) in [5, 5.41) is 3.85. The molecular formula is C15H24Cl2N2O2S. The smallest absolute Gasteiger partial charge is 0.243 e. The molecule has 0 saturated carbocycles. The van der Waals surface area contributed by atoms with Crippen molar-refractivity contribution >= 4 is 34.0 Å². The third-order valence-corrected chi connectivity index (χ3v) is 6.23. The van der Waals surface area contributed by atoms with E-state index in [0.29, 0.717) is 22.0 Å². The maximum atomic E-state index is 13.0. The highest BCUT2D eigenvalue weighted by Crippen LogP contribution is 2.26. The van der Waals surface area contributed by atoms with Gasteiger partial charge in [-0.15, -0.1) is 12.4 Å². The Balaban J connectivity index is 0.00000242. The predicted molar refractivity (Wildman–Crippen MR) is 93.5 cm³/mol. The lowest BCUT2D eigenvalue weighted by atomic mass is 10.1. The molecule has 1 fully saturated rings. The van der Waals surface area contributed by atoms with Gasteiger partial charge in [-0.3, -0.25) is 0 Å². The SMILES string of the molecule is CCCN(C1CCNCC1)S(=O)(=O)c1ccc(Cl)cc1C.Cl. The molecule has 126 valence electrons. The Morgan fingerprint density at radius 3 is 2.50 bits per heavy atom. The average molecular weight is 367 g/mol. The molecule has 1 aliphatic rings. The molecule has 1 N–H and O–H groups in total. The van der Waals surface area contributed by atoms with E-state index in [9.17, 15) is 8.42 Å². The lowest BCUT2D eigenvalue weighted by Gasteiger charge is -2.34. The molecule has 0 spiro atoms. The summed E-state index contributed by atoms with van der Waals surface area (Å²) in [5.41, 5.74) is 0.706. The molecule has 0 aromatic heterocycles. The molecule has 1 aromatic rings. The second-order valence-electron chi connectivity index (χ2n) is 5.51. The number of aryl methyl sites for hydroxylation is 1. The zero-order valence-corrected chi connectivity index (χ0v) is 15.4. The van der Waals surface area contributed by atoms with Gasteiger partial charge in [-0.25, -0.2) is 8.42 Å². The summed E-state index contributed by atoms with van der Waals surface area (Å²) >= 11 is 5.94. The number of rotatable bonds is 5. The number of hydrogen-bond donors (Lipinski definition) is 1. The van der Waals surface area contributed by atoms with Gasteiger partial charge in [0.05, 0.1) is 4.90 Å². The van der Waals surface area contributed by atoms with Gasteiger partial charge in [0.1, 0.15) is 0 Å². The molecule has 2 rings (SSSR count). The highest BCUT2D eigenvalue weighted by molar-refractivity contribution is 7.89. The number of sulfonamides is 1. The summed E-state index contributed by atoms with van der Waals surface area (Å²) in [5.74, 6) is 0. The van der Waals surface area contributed by atoms with Crippen molar-refractivity contribution in [3.05, 3.63) is 28.8 Å². The van der Waals surface area contributed by atoms with Crippen LogP contribution >= 0.6 is 24.0 Å². The molecule has 1 aromatic carbocycles. The highest BCUT2D eigenvalue weighted by atomic mass is 35.5. The zero-order chi connectivity index (χ0) is 15.5. The van der Waals surface area contributed by atoms with Crippen LogP contribution in [0.25, 0.3) is 0 Å². The Morgan fingerprint density at radius 1 is 1.32 bits per heavy atom. The Labute approximate surface area is 144 Å². The van der Waals surface area contributed by atoms with Crippen LogP contribution in [-0.4, -0.2) is 38.4 Å². The summed E-state index contributed by atoms with van der Waals surface area (Å²) < 4.78 is 27.7. The van der Waals surface area contributed by atoms with E-state index in [-0.39, 0.29) is 18.4 Å². The molecule has 4 nitrogen and oxygen atoms in total. The molecule has 0 radical (unpaired) electrons. The largest absolute Gasteiger partial charge is 0.317 e. The summed E-state index contributed by atoms with van der Waals surface area (Å²) in [4.78, 5) is 0.374. The van der Waals surface area contributed by atoms with Gasteiger partial charge >= 0.3 is 0 Å². The maximum Gasteiger partial charge on any atom is 0.243 e. The van der Waals surface area contributed by atoms with E-state index in [4.69, 9.17) is 11.6 Å². The zero-order valence-electron chi connectivity index (χ0n) is 13.0. The Kier molecular flexibility index (Phi) is 7.62. The van der Waals surface area contributed by atoms with E-state index in [2.05, 4.69) is 5.32 Å². The van der Waals surface area contributed by atoms with Crippen LogP contribution < -0.4 is 5.32 Å². The number of hydrogen-bond acceptors (Lipinski definition) is 3. The Morgan fingerprint density at radius 2 is 1.95 bits per heavy atom. The standard InChI is InChI=1S/C15H23ClN2O2S.ClH/c1-3-10-18(14-6-8-17-9-7-14)21(19,20)15-5-4-13(16)11-12(15)2;/h4-5,11,14,17H,3,6-10H2,1-2H3;1H.